The van der Waals surface area contributed by atoms with Crippen LogP contribution in [-0.4, -0.2) is 23.5 Å². The quantitative estimate of drug-likeness (QED) is 0.482. The second-order valence-corrected chi connectivity index (χ2v) is 8.40. The maximum atomic E-state index is 13.4. The highest BCUT2D eigenvalue weighted by Gasteiger charge is 2.26. The number of hydrogen-bond donors (Lipinski definition) is 1. The van der Waals surface area contributed by atoms with Gasteiger partial charge in [-0.05, 0) is 60.0 Å². The van der Waals surface area contributed by atoms with Crippen LogP contribution in [0, 0.1) is 0 Å². The van der Waals surface area contributed by atoms with Crippen molar-refractivity contribution >= 4 is 33.8 Å². The number of amides is 2. The zero-order valence-corrected chi connectivity index (χ0v) is 18.3. The van der Waals surface area contributed by atoms with Gasteiger partial charge in [0.15, 0.2) is 0 Å². The van der Waals surface area contributed by atoms with Gasteiger partial charge < -0.3 is 14.6 Å². The van der Waals surface area contributed by atoms with Gasteiger partial charge in [0.2, 0.25) is 0 Å². The molecule has 6 nitrogen and oxygen atoms in total. The number of fused-ring (bicyclic) bond motifs is 2. The molecule has 7 heteroatoms. The van der Waals surface area contributed by atoms with Gasteiger partial charge in [-0.15, -0.1) is 11.3 Å². The maximum absolute atomic E-state index is 13.4. The number of ether oxygens (including phenoxy) is 1. The fourth-order valence-corrected chi connectivity index (χ4v) is 4.82. The molecule has 0 fully saturated rings. The number of rotatable bonds is 4. The Morgan fingerprint density at radius 1 is 0.969 bits per heavy atom. The highest BCUT2D eigenvalue weighted by atomic mass is 32.1. The van der Waals surface area contributed by atoms with Crippen molar-refractivity contribution in [2.24, 2.45) is 0 Å². The number of para-hydroxylation sites is 1. The van der Waals surface area contributed by atoms with E-state index in [-0.39, 0.29) is 11.8 Å². The number of anilines is 2. The smallest absolute Gasteiger partial charge is 0.259 e. The van der Waals surface area contributed by atoms with Gasteiger partial charge in [0.1, 0.15) is 10.8 Å². The number of carbonyl (C=O) groups is 2. The van der Waals surface area contributed by atoms with Gasteiger partial charge in [-0.25, -0.2) is 0 Å². The van der Waals surface area contributed by atoms with Crippen LogP contribution < -0.4 is 15.0 Å². The number of nitrogens with one attached hydrogen (secondary N) is 1. The van der Waals surface area contributed by atoms with E-state index in [9.17, 15) is 9.59 Å². The van der Waals surface area contributed by atoms with Gasteiger partial charge >= 0.3 is 0 Å². The second kappa shape index (κ2) is 8.36. The Morgan fingerprint density at radius 2 is 1.78 bits per heavy atom. The molecule has 0 bridgehead atoms. The number of hydrogen-bond acceptors (Lipinski definition) is 4. The minimum atomic E-state index is -0.266. The maximum Gasteiger partial charge on any atom is 0.259 e. The number of carbonyl (C=O) groups excluding carboxylic acids is 2. The molecule has 1 aliphatic heterocycles. The number of aromatic nitrogens is 1. The molecule has 0 aliphatic carbocycles. The average molecular weight is 444 g/mol. The standard InChI is InChI=1S/C25H21N3O3S/c1-31-22-7-3-2-6-21(22)23(29)26-19-10-8-17(9-11-19)24(30)28-16-20-5-4-13-27(20)15-18-12-14-32-25(18)28/h2-14H,15-16H2,1H3,(H,26,29). The van der Waals surface area contributed by atoms with Crippen LogP contribution in [0.5, 0.6) is 5.75 Å². The Labute approximate surface area is 189 Å². The third-order valence-electron chi connectivity index (χ3n) is 5.54. The van der Waals surface area contributed by atoms with Gasteiger partial charge in [0, 0.05) is 28.7 Å². The fraction of sp³-hybridized carbons (Fsp3) is 0.120. The normalized spacial score (nSPS) is 12.5. The van der Waals surface area contributed by atoms with Crippen molar-refractivity contribution in [1.82, 2.24) is 4.57 Å². The van der Waals surface area contributed by atoms with Crippen molar-refractivity contribution in [1.29, 1.82) is 0 Å². The molecule has 0 unspecified atom stereocenters. The minimum Gasteiger partial charge on any atom is -0.496 e. The summed E-state index contributed by atoms with van der Waals surface area (Å²) in [6, 6.07) is 20.2. The van der Waals surface area contributed by atoms with Gasteiger partial charge in [0.25, 0.3) is 11.8 Å². The van der Waals surface area contributed by atoms with Crippen LogP contribution in [0.25, 0.3) is 0 Å². The summed E-state index contributed by atoms with van der Waals surface area (Å²) in [5, 5.41) is 5.87. The molecule has 160 valence electrons. The Balaban J connectivity index is 1.36. The van der Waals surface area contributed by atoms with Crippen LogP contribution >= 0.6 is 11.3 Å². The van der Waals surface area contributed by atoms with E-state index in [2.05, 4.69) is 16.0 Å². The summed E-state index contributed by atoms with van der Waals surface area (Å²) >= 11 is 1.58. The molecular weight excluding hydrogens is 422 g/mol. The van der Waals surface area contributed by atoms with Crippen molar-refractivity contribution in [3.05, 3.63) is 101 Å². The topological polar surface area (TPSA) is 63.6 Å². The average Bonchev–Trinajstić information content (AvgIpc) is 3.44. The van der Waals surface area contributed by atoms with E-state index in [4.69, 9.17) is 4.74 Å². The van der Waals surface area contributed by atoms with Gasteiger partial charge in [0.05, 0.1) is 25.8 Å². The van der Waals surface area contributed by atoms with Crippen LogP contribution in [0.3, 0.4) is 0 Å². The molecule has 1 aliphatic rings. The van der Waals surface area contributed by atoms with Crippen LogP contribution in [0.2, 0.25) is 0 Å². The molecule has 0 atom stereocenters. The lowest BCUT2D eigenvalue weighted by Crippen LogP contribution is -2.29. The summed E-state index contributed by atoms with van der Waals surface area (Å²) in [5.41, 5.74) is 3.87. The van der Waals surface area contributed by atoms with Crippen molar-refractivity contribution < 1.29 is 14.3 Å². The number of benzene rings is 2. The van der Waals surface area contributed by atoms with Crippen LogP contribution in [0.4, 0.5) is 10.7 Å². The van der Waals surface area contributed by atoms with Crippen molar-refractivity contribution in [2.45, 2.75) is 13.1 Å². The first-order chi connectivity index (χ1) is 15.6. The SMILES string of the molecule is COc1ccccc1C(=O)Nc1ccc(C(=O)N2Cc3cccn3Cc3ccsc32)cc1. The first-order valence-electron chi connectivity index (χ1n) is 10.2. The van der Waals surface area contributed by atoms with Gasteiger partial charge in [-0.3, -0.25) is 14.5 Å². The summed E-state index contributed by atoms with van der Waals surface area (Å²) in [6.07, 6.45) is 2.05. The van der Waals surface area contributed by atoms with E-state index in [1.165, 1.54) is 7.11 Å². The molecule has 0 radical (unpaired) electrons. The predicted molar refractivity (Wildman–Crippen MR) is 126 cm³/mol. The van der Waals surface area contributed by atoms with Crippen molar-refractivity contribution in [3.63, 3.8) is 0 Å². The summed E-state index contributed by atoms with van der Waals surface area (Å²) in [6.45, 7) is 1.28. The van der Waals surface area contributed by atoms with Crippen LogP contribution in [0.1, 0.15) is 32.0 Å². The number of thiophene rings is 1. The molecule has 5 rings (SSSR count). The molecule has 2 aromatic carbocycles. The molecular formula is C25H21N3O3S. The Kier molecular flexibility index (Phi) is 5.25. The lowest BCUT2D eigenvalue weighted by atomic mass is 10.1. The predicted octanol–water partition coefficient (Wildman–Crippen LogP) is 5.02. The lowest BCUT2D eigenvalue weighted by molar-refractivity contribution is 0.0984. The van der Waals surface area contributed by atoms with E-state index < -0.39 is 0 Å². The molecule has 4 aromatic rings. The largest absolute Gasteiger partial charge is 0.496 e. The van der Waals surface area contributed by atoms with Gasteiger partial charge in [-0.2, -0.15) is 0 Å². The Morgan fingerprint density at radius 3 is 2.59 bits per heavy atom. The molecule has 0 saturated heterocycles. The zero-order chi connectivity index (χ0) is 22.1. The second-order valence-electron chi connectivity index (χ2n) is 7.50. The first-order valence-corrected chi connectivity index (χ1v) is 11.1. The van der Waals surface area contributed by atoms with E-state index in [0.717, 1.165) is 22.8 Å². The number of methoxy groups -OCH3 is 1. The summed E-state index contributed by atoms with van der Waals surface area (Å²) in [5.74, 6) is 0.179. The zero-order valence-electron chi connectivity index (χ0n) is 17.4. The Hall–Kier alpha value is -3.84. The van der Waals surface area contributed by atoms with Crippen LogP contribution in [0.15, 0.2) is 78.3 Å². The molecule has 3 heterocycles. The molecule has 1 N–H and O–H groups in total. The van der Waals surface area contributed by atoms with E-state index in [1.54, 1.807) is 53.8 Å². The molecule has 32 heavy (non-hydrogen) atoms. The minimum absolute atomic E-state index is 0.0639. The fourth-order valence-electron chi connectivity index (χ4n) is 3.90. The summed E-state index contributed by atoms with van der Waals surface area (Å²) in [7, 11) is 1.53. The number of nitrogens with zero attached hydrogens (tertiary/aromatic N) is 2. The third kappa shape index (κ3) is 3.67. The third-order valence-corrected chi connectivity index (χ3v) is 6.52. The molecule has 2 amide bonds. The monoisotopic (exact) mass is 443 g/mol. The molecule has 0 spiro atoms. The first kappa shape index (κ1) is 20.1. The van der Waals surface area contributed by atoms with E-state index in [1.807, 2.05) is 34.7 Å². The molecule has 2 aromatic heterocycles. The van der Waals surface area contributed by atoms with Gasteiger partial charge in [-0.1, -0.05) is 12.1 Å². The highest BCUT2D eigenvalue weighted by Crippen LogP contribution is 2.34. The lowest BCUT2D eigenvalue weighted by Gasteiger charge is -2.20. The highest BCUT2D eigenvalue weighted by molar-refractivity contribution is 7.14. The van der Waals surface area contributed by atoms with E-state index >= 15 is 0 Å². The summed E-state index contributed by atoms with van der Waals surface area (Å²) < 4.78 is 7.44. The summed E-state index contributed by atoms with van der Waals surface area (Å²) in [4.78, 5) is 27.9. The van der Waals surface area contributed by atoms with Crippen LogP contribution in [-0.2, 0) is 13.1 Å². The van der Waals surface area contributed by atoms with Crippen molar-refractivity contribution in [2.75, 3.05) is 17.3 Å². The van der Waals surface area contributed by atoms with Crippen molar-refractivity contribution in [3.8, 4) is 5.75 Å². The molecule has 0 saturated carbocycles. The Bertz CT molecular complexity index is 1290. The van der Waals surface area contributed by atoms with E-state index in [0.29, 0.717) is 29.1 Å².